The van der Waals surface area contributed by atoms with E-state index < -0.39 is 0 Å². The number of rotatable bonds is 3. The van der Waals surface area contributed by atoms with Crippen LogP contribution in [-0.4, -0.2) is 15.6 Å². The summed E-state index contributed by atoms with van der Waals surface area (Å²) in [6.07, 6.45) is 13.4. The molecule has 3 atom stereocenters. The van der Waals surface area contributed by atoms with Gasteiger partial charge in [-0.2, -0.15) is 0 Å². The second-order valence-corrected chi connectivity index (χ2v) is 6.71. The van der Waals surface area contributed by atoms with Gasteiger partial charge in [0, 0.05) is 24.5 Å². The zero-order valence-electron chi connectivity index (χ0n) is 12.3. The van der Waals surface area contributed by atoms with Gasteiger partial charge in [-0.15, -0.1) is 0 Å². The molecule has 0 radical (unpaired) electrons. The molecule has 3 heteroatoms. The molecule has 0 amide bonds. The fourth-order valence-electron chi connectivity index (χ4n) is 3.76. The molecule has 2 fully saturated rings. The quantitative estimate of drug-likeness (QED) is 0.882. The molecule has 1 aromatic rings. The molecule has 0 aliphatic heterocycles. The third-order valence-electron chi connectivity index (χ3n) is 5.32. The standard InChI is InChI=1S/C16H27N3/c1-12-7-8-14(11-13(12)2)18-16-17-9-10-19(16)15-5-3-4-6-15/h9-10,12-15H,3-8,11H2,1-2H3,(H,17,18). The molecule has 3 rings (SSSR count). The number of hydrogen-bond acceptors (Lipinski definition) is 2. The molecule has 3 nitrogen and oxygen atoms in total. The fraction of sp³-hybridized carbons (Fsp3) is 0.812. The van der Waals surface area contributed by atoms with Gasteiger partial charge in [0.05, 0.1) is 0 Å². The van der Waals surface area contributed by atoms with Crippen LogP contribution in [0.1, 0.15) is 64.8 Å². The van der Waals surface area contributed by atoms with E-state index in [2.05, 4.69) is 34.9 Å². The third-order valence-corrected chi connectivity index (χ3v) is 5.32. The average Bonchev–Trinajstić information content (AvgIpc) is 3.04. The average molecular weight is 261 g/mol. The second kappa shape index (κ2) is 5.56. The summed E-state index contributed by atoms with van der Waals surface area (Å²) >= 11 is 0. The first-order chi connectivity index (χ1) is 9.24. The van der Waals surface area contributed by atoms with Crippen molar-refractivity contribution in [1.29, 1.82) is 0 Å². The normalized spacial score (nSPS) is 32.6. The SMILES string of the molecule is CC1CCC(Nc2nccn2C2CCCC2)CC1C. The van der Waals surface area contributed by atoms with Crippen molar-refractivity contribution >= 4 is 5.95 Å². The zero-order chi connectivity index (χ0) is 13.2. The smallest absolute Gasteiger partial charge is 0.203 e. The van der Waals surface area contributed by atoms with Gasteiger partial charge >= 0.3 is 0 Å². The van der Waals surface area contributed by atoms with Crippen LogP contribution in [0.15, 0.2) is 12.4 Å². The monoisotopic (exact) mass is 261 g/mol. The predicted octanol–water partition coefficient (Wildman–Crippen LogP) is 4.23. The third kappa shape index (κ3) is 2.80. The summed E-state index contributed by atoms with van der Waals surface area (Å²) in [5.74, 6) is 2.83. The Morgan fingerprint density at radius 2 is 1.89 bits per heavy atom. The summed E-state index contributed by atoms with van der Waals surface area (Å²) in [6, 6.07) is 1.30. The number of anilines is 1. The second-order valence-electron chi connectivity index (χ2n) is 6.71. The zero-order valence-corrected chi connectivity index (χ0v) is 12.3. The van der Waals surface area contributed by atoms with Crippen LogP contribution in [0.4, 0.5) is 5.95 Å². The lowest BCUT2D eigenvalue weighted by molar-refractivity contribution is 0.260. The highest BCUT2D eigenvalue weighted by Crippen LogP contribution is 2.34. The Hall–Kier alpha value is -0.990. The Morgan fingerprint density at radius 3 is 2.63 bits per heavy atom. The van der Waals surface area contributed by atoms with E-state index in [1.54, 1.807) is 0 Å². The summed E-state index contributed by atoms with van der Waals surface area (Å²) in [7, 11) is 0. The minimum Gasteiger partial charge on any atom is -0.353 e. The van der Waals surface area contributed by atoms with Gasteiger partial charge in [0.2, 0.25) is 5.95 Å². The van der Waals surface area contributed by atoms with Crippen LogP contribution in [0.3, 0.4) is 0 Å². The van der Waals surface area contributed by atoms with E-state index in [1.165, 1.54) is 44.9 Å². The van der Waals surface area contributed by atoms with Gasteiger partial charge < -0.3 is 9.88 Å². The van der Waals surface area contributed by atoms with Crippen LogP contribution in [0.25, 0.3) is 0 Å². The Kier molecular flexibility index (Phi) is 3.81. The summed E-state index contributed by atoms with van der Waals surface area (Å²) < 4.78 is 2.38. The molecule has 106 valence electrons. The first-order valence-corrected chi connectivity index (χ1v) is 8.03. The lowest BCUT2D eigenvalue weighted by Gasteiger charge is -2.33. The Morgan fingerprint density at radius 1 is 1.11 bits per heavy atom. The van der Waals surface area contributed by atoms with E-state index in [9.17, 15) is 0 Å². The number of nitrogens with zero attached hydrogens (tertiary/aromatic N) is 2. The number of imidazole rings is 1. The molecule has 0 spiro atoms. The molecule has 2 saturated carbocycles. The summed E-state index contributed by atoms with van der Waals surface area (Å²) in [4.78, 5) is 4.55. The molecule has 1 aromatic heterocycles. The van der Waals surface area contributed by atoms with Gasteiger partial charge in [0.15, 0.2) is 0 Å². The minimum absolute atomic E-state index is 0.619. The van der Waals surface area contributed by atoms with Gasteiger partial charge in [-0.1, -0.05) is 26.7 Å². The van der Waals surface area contributed by atoms with Crippen LogP contribution >= 0.6 is 0 Å². The van der Waals surface area contributed by atoms with Crippen molar-refractivity contribution in [3.63, 3.8) is 0 Å². The fourth-order valence-corrected chi connectivity index (χ4v) is 3.76. The van der Waals surface area contributed by atoms with Gasteiger partial charge in [0.25, 0.3) is 0 Å². The van der Waals surface area contributed by atoms with Crippen molar-refractivity contribution in [2.45, 2.75) is 70.9 Å². The molecule has 3 unspecified atom stereocenters. The van der Waals surface area contributed by atoms with E-state index in [1.807, 2.05) is 6.20 Å². The first-order valence-electron chi connectivity index (χ1n) is 8.03. The van der Waals surface area contributed by atoms with E-state index >= 15 is 0 Å². The summed E-state index contributed by atoms with van der Waals surface area (Å²) in [6.45, 7) is 4.78. The van der Waals surface area contributed by atoms with Crippen LogP contribution in [0.5, 0.6) is 0 Å². The Balaban J connectivity index is 1.65. The van der Waals surface area contributed by atoms with Gasteiger partial charge in [-0.05, 0) is 43.9 Å². The number of hydrogen-bond donors (Lipinski definition) is 1. The van der Waals surface area contributed by atoms with E-state index in [-0.39, 0.29) is 0 Å². The predicted molar refractivity (Wildman–Crippen MR) is 79.3 cm³/mol. The highest BCUT2D eigenvalue weighted by molar-refractivity contribution is 5.29. The molecule has 0 saturated heterocycles. The van der Waals surface area contributed by atoms with E-state index in [0.717, 1.165) is 17.8 Å². The van der Waals surface area contributed by atoms with Crippen LogP contribution in [0, 0.1) is 11.8 Å². The van der Waals surface area contributed by atoms with Gasteiger partial charge in [0.1, 0.15) is 0 Å². The molecule has 19 heavy (non-hydrogen) atoms. The molecule has 0 aromatic carbocycles. The molecule has 2 aliphatic carbocycles. The first kappa shape index (κ1) is 13.0. The minimum atomic E-state index is 0.619. The van der Waals surface area contributed by atoms with Crippen LogP contribution in [0.2, 0.25) is 0 Å². The van der Waals surface area contributed by atoms with Crippen molar-refractivity contribution in [3.8, 4) is 0 Å². The summed E-state index contributed by atoms with van der Waals surface area (Å²) in [5, 5.41) is 3.71. The lowest BCUT2D eigenvalue weighted by Crippen LogP contribution is -2.31. The molecule has 2 aliphatic rings. The van der Waals surface area contributed by atoms with Crippen LogP contribution < -0.4 is 5.32 Å². The highest BCUT2D eigenvalue weighted by Gasteiger charge is 2.26. The largest absolute Gasteiger partial charge is 0.353 e. The molecule has 0 bridgehead atoms. The van der Waals surface area contributed by atoms with Crippen molar-refractivity contribution in [2.24, 2.45) is 11.8 Å². The van der Waals surface area contributed by atoms with E-state index in [0.29, 0.717) is 12.1 Å². The van der Waals surface area contributed by atoms with Crippen LogP contribution in [-0.2, 0) is 0 Å². The van der Waals surface area contributed by atoms with Crippen molar-refractivity contribution in [3.05, 3.63) is 12.4 Å². The van der Waals surface area contributed by atoms with Crippen molar-refractivity contribution in [2.75, 3.05) is 5.32 Å². The number of nitrogens with one attached hydrogen (secondary N) is 1. The molecular formula is C16H27N3. The van der Waals surface area contributed by atoms with E-state index in [4.69, 9.17) is 0 Å². The maximum atomic E-state index is 4.55. The molecular weight excluding hydrogens is 234 g/mol. The van der Waals surface area contributed by atoms with Gasteiger partial charge in [-0.3, -0.25) is 0 Å². The lowest BCUT2D eigenvalue weighted by atomic mass is 9.79. The van der Waals surface area contributed by atoms with Crippen molar-refractivity contribution < 1.29 is 0 Å². The maximum Gasteiger partial charge on any atom is 0.203 e. The maximum absolute atomic E-state index is 4.55. The molecule has 1 heterocycles. The molecule has 1 N–H and O–H groups in total. The highest BCUT2D eigenvalue weighted by atomic mass is 15.2. The Labute approximate surface area is 116 Å². The summed E-state index contributed by atoms with van der Waals surface area (Å²) in [5.41, 5.74) is 0. The van der Waals surface area contributed by atoms with Gasteiger partial charge in [-0.25, -0.2) is 4.98 Å². The number of aromatic nitrogens is 2. The van der Waals surface area contributed by atoms with Crippen molar-refractivity contribution in [1.82, 2.24) is 9.55 Å². The topological polar surface area (TPSA) is 29.9 Å². The Bertz CT molecular complexity index is 406.